The summed E-state index contributed by atoms with van der Waals surface area (Å²) < 4.78 is 5.29. The molecular formula is C23H18ClNO2. The molecule has 0 aliphatic carbocycles. The molecule has 0 saturated carbocycles. The molecule has 0 amide bonds. The number of halogens is 1. The maximum atomic E-state index is 12.3. The molecule has 0 unspecified atom stereocenters. The van der Waals surface area contributed by atoms with Crippen molar-refractivity contribution in [3.05, 3.63) is 101 Å². The van der Waals surface area contributed by atoms with Crippen LogP contribution in [-0.2, 0) is 0 Å². The molecule has 0 atom stereocenters. The van der Waals surface area contributed by atoms with E-state index in [1.807, 2.05) is 60.7 Å². The number of carbonyl (C=O) groups excluding carboxylic acids is 1. The van der Waals surface area contributed by atoms with E-state index >= 15 is 0 Å². The Balaban J connectivity index is 1.87. The van der Waals surface area contributed by atoms with Crippen molar-refractivity contribution in [2.75, 3.05) is 7.11 Å². The van der Waals surface area contributed by atoms with Crippen molar-refractivity contribution < 1.29 is 9.53 Å². The lowest BCUT2D eigenvalue weighted by molar-refractivity contribution is 0.104. The van der Waals surface area contributed by atoms with Crippen molar-refractivity contribution in [3.8, 4) is 5.75 Å². The van der Waals surface area contributed by atoms with Crippen LogP contribution in [0.1, 0.15) is 21.5 Å². The SMILES string of the molecule is COc1ccc(N=Cc2ccc(Cl)cc2)c(/C=C/C(=O)c2ccccc2)c1. The molecule has 27 heavy (non-hydrogen) atoms. The van der Waals surface area contributed by atoms with Gasteiger partial charge in [0.05, 0.1) is 12.8 Å². The molecule has 0 aliphatic heterocycles. The van der Waals surface area contributed by atoms with Crippen LogP contribution < -0.4 is 4.74 Å². The van der Waals surface area contributed by atoms with Gasteiger partial charge >= 0.3 is 0 Å². The summed E-state index contributed by atoms with van der Waals surface area (Å²) in [6.45, 7) is 0. The van der Waals surface area contributed by atoms with E-state index in [0.717, 1.165) is 16.8 Å². The Morgan fingerprint density at radius 1 is 1.00 bits per heavy atom. The minimum atomic E-state index is -0.0638. The molecule has 134 valence electrons. The van der Waals surface area contributed by atoms with Crippen LogP contribution in [0.3, 0.4) is 0 Å². The topological polar surface area (TPSA) is 38.7 Å². The fourth-order valence-electron chi connectivity index (χ4n) is 2.47. The van der Waals surface area contributed by atoms with Crippen LogP contribution in [0.4, 0.5) is 5.69 Å². The molecule has 3 nitrogen and oxygen atoms in total. The summed E-state index contributed by atoms with van der Waals surface area (Å²) in [4.78, 5) is 16.9. The largest absolute Gasteiger partial charge is 0.497 e. The number of hydrogen-bond donors (Lipinski definition) is 0. The third kappa shape index (κ3) is 5.16. The van der Waals surface area contributed by atoms with Gasteiger partial charge in [0.15, 0.2) is 5.78 Å². The summed E-state index contributed by atoms with van der Waals surface area (Å²) in [7, 11) is 1.61. The molecule has 4 heteroatoms. The Morgan fingerprint density at radius 3 is 2.44 bits per heavy atom. The van der Waals surface area contributed by atoms with Gasteiger partial charge in [-0.2, -0.15) is 0 Å². The van der Waals surface area contributed by atoms with Crippen molar-refractivity contribution in [2.45, 2.75) is 0 Å². The second-order valence-electron chi connectivity index (χ2n) is 5.80. The monoisotopic (exact) mass is 375 g/mol. The Morgan fingerprint density at radius 2 is 1.74 bits per heavy atom. The molecule has 0 spiro atoms. The first-order valence-corrected chi connectivity index (χ1v) is 8.78. The molecule has 0 radical (unpaired) electrons. The number of methoxy groups -OCH3 is 1. The van der Waals surface area contributed by atoms with Crippen LogP contribution in [0, 0.1) is 0 Å². The molecule has 0 bridgehead atoms. The zero-order chi connectivity index (χ0) is 19.1. The summed E-state index contributed by atoms with van der Waals surface area (Å²) in [5.41, 5.74) is 3.11. The van der Waals surface area contributed by atoms with E-state index in [0.29, 0.717) is 16.3 Å². The lowest BCUT2D eigenvalue weighted by Gasteiger charge is -2.05. The average molecular weight is 376 g/mol. The summed E-state index contributed by atoms with van der Waals surface area (Å²) >= 11 is 5.91. The highest BCUT2D eigenvalue weighted by atomic mass is 35.5. The lowest BCUT2D eigenvalue weighted by Crippen LogP contribution is -1.93. The van der Waals surface area contributed by atoms with E-state index in [2.05, 4.69) is 4.99 Å². The maximum absolute atomic E-state index is 12.3. The summed E-state index contributed by atoms with van der Waals surface area (Å²) in [6, 6.07) is 22.1. The molecule has 0 fully saturated rings. The van der Waals surface area contributed by atoms with Crippen molar-refractivity contribution in [1.82, 2.24) is 0 Å². The first-order chi connectivity index (χ1) is 13.2. The number of hydrogen-bond acceptors (Lipinski definition) is 3. The van der Waals surface area contributed by atoms with Gasteiger partial charge < -0.3 is 4.74 Å². The Kier molecular flexibility index (Phi) is 6.18. The van der Waals surface area contributed by atoms with Gasteiger partial charge in [-0.15, -0.1) is 0 Å². The molecule has 0 aromatic heterocycles. The number of ketones is 1. The van der Waals surface area contributed by atoms with Crippen molar-refractivity contribution in [3.63, 3.8) is 0 Å². The molecule has 0 aliphatic rings. The third-order valence-electron chi connectivity index (χ3n) is 3.93. The second-order valence-corrected chi connectivity index (χ2v) is 6.23. The maximum Gasteiger partial charge on any atom is 0.185 e. The standard InChI is InChI=1S/C23H18ClNO2/c1-27-21-12-13-22(25-16-17-7-10-20(24)11-8-17)19(15-21)9-14-23(26)18-5-3-2-4-6-18/h2-16H,1H3/b14-9+,25-16?. The minimum Gasteiger partial charge on any atom is -0.497 e. The highest BCUT2D eigenvalue weighted by Gasteiger charge is 2.04. The number of ether oxygens (including phenoxy) is 1. The fourth-order valence-corrected chi connectivity index (χ4v) is 2.59. The first-order valence-electron chi connectivity index (χ1n) is 8.41. The van der Waals surface area contributed by atoms with E-state index in [9.17, 15) is 4.79 Å². The Bertz CT molecular complexity index is 977. The summed E-state index contributed by atoms with van der Waals surface area (Å²) in [5, 5.41) is 0.680. The van der Waals surface area contributed by atoms with Crippen LogP contribution in [0.25, 0.3) is 6.08 Å². The average Bonchev–Trinajstić information content (AvgIpc) is 2.72. The molecule has 3 aromatic rings. The van der Waals surface area contributed by atoms with Gasteiger partial charge in [0.1, 0.15) is 5.75 Å². The molecule has 0 saturated heterocycles. The smallest absolute Gasteiger partial charge is 0.185 e. The quantitative estimate of drug-likeness (QED) is 0.301. The van der Waals surface area contributed by atoms with E-state index in [1.54, 1.807) is 37.6 Å². The first kappa shape index (κ1) is 18.6. The summed E-state index contributed by atoms with van der Waals surface area (Å²) in [6.07, 6.45) is 5.06. The highest BCUT2D eigenvalue weighted by molar-refractivity contribution is 6.30. The second kappa shape index (κ2) is 8.97. The van der Waals surface area contributed by atoms with Crippen LogP contribution in [-0.4, -0.2) is 19.1 Å². The van der Waals surface area contributed by atoms with E-state index in [1.165, 1.54) is 0 Å². The number of carbonyl (C=O) groups is 1. The molecule has 3 aromatic carbocycles. The van der Waals surface area contributed by atoms with Crippen molar-refractivity contribution in [1.29, 1.82) is 0 Å². The number of allylic oxidation sites excluding steroid dienone is 1. The molecule has 0 N–H and O–H groups in total. The van der Waals surface area contributed by atoms with Gasteiger partial charge in [0.25, 0.3) is 0 Å². The third-order valence-corrected chi connectivity index (χ3v) is 4.18. The van der Waals surface area contributed by atoms with Gasteiger partial charge in [-0.3, -0.25) is 9.79 Å². The highest BCUT2D eigenvalue weighted by Crippen LogP contribution is 2.26. The molecular weight excluding hydrogens is 358 g/mol. The number of aliphatic imine (C=N–C) groups is 1. The van der Waals surface area contributed by atoms with Gasteiger partial charge in [-0.05, 0) is 48.0 Å². The molecule has 3 rings (SSSR count). The number of benzene rings is 3. The normalized spacial score (nSPS) is 11.2. The van der Waals surface area contributed by atoms with Gasteiger partial charge in [0.2, 0.25) is 0 Å². The van der Waals surface area contributed by atoms with Gasteiger partial charge in [-0.1, -0.05) is 54.1 Å². The Hall–Kier alpha value is -3.17. The number of nitrogens with zero attached hydrogens (tertiary/aromatic N) is 1. The van der Waals surface area contributed by atoms with Crippen LogP contribution in [0.5, 0.6) is 5.75 Å². The van der Waals surface area contributed by atoms with E-state index in [-0.39, 0.29) is 5.78 Å². The number of rotatable bonds is 6. The molecule has 0 heterocycles. The van der Waals surface area contributed by atoms with Crippen LogP contribution in [0.15, 0.2) is 83.9 Å². The fraction of sp³-hybridized carbons (Fsp3) is 0.0435. The Labute approximate surface area is 163 Å². The van der Waals surface area contributed by atoms with Crippen LogP contribution in [0.2, 0.25) is 5.02 Å². The summed E-state index contributed by atoms with van der Waals surface area (Å²) in [5.74, 6) is 0.637. The zero-order valence-corrected chi connectivity index (χ0v) is 15.6. The van der Waals surface area contributed by atoms with E-state index in [4.69, 9.17) is 16.3 Å². The minimum absolute atomic E-state index is 0.0638. The van der Waals surface area contributed by atoms with Crippen molar-refractivity contribution in [2.24, 2.45) is 4.99 Å². The zero-order valence-electron chi connectivity index (χ0n) is 14.8. The predicted molar refractivity (Wildman–Crippen MR) is 112 cm³/mol. The van der Waals surface area contributed by atoms with Gasteiger partial charge in [0, 0.05) is 22.4 Å². The predicted octanol–water partition coefficient (Wildman–Crippen LogP) is 6.00. The van der Waals surface area contributed by atoms with Crippen LogP contribution >= 0.6 is 11.6 Å². The van der Waals surface area contributed by atoms with E-state index < -0.39 is 0 Å². The van der Waals surface area contributed by atoms with Gasteiger partial charge in [-0.25, -0.2) is 0 Å². The lowest BCUT2D eigenvalue weighted by atomic mass is 10.1. The van der Waals surface area contributed by atoms with Crippen molar-refractivity contribution >= 4 is 35.4 Å².